The Morgan fingerprint density at radius 2 is 1.64 bits per heavy atom. The van der Waals surface area contributed by atoms with Gasteiger partial charge in [0.1, 0.15) is 4.70 Å². The van der Waals surface area contributed by atoms with Gasteiger partial charge in [-0.05, 0) is 61.8 Å². The molecule has 1 aliphatic heterocycles. The number of nitro benzene ring substituents is 1. The van der Waals surface area contributed by atoms with E-state index in [2.05, 4.69) is 4.98 Å². The van der Waals surface area contributed by atoms with E-state index in [1.165, 1.54) is 6.42 Å². The number of fused-ring (bicyclic) bond motifs is 1. The fourth-order valence-corrected chi connectivity index (χ4v) is 8.35. The summed E-state index contributed by atoms with van der Waals surface area (Å²) in [6, 6.07) is 1.09. The Kier molecular flexibility index (Phi) is 5.51. The van der Waals surface area contributed by atoms with Crippen LogP contribution >= 0.6 is 11.3 Å². The minimum absolute atomic E-state index is 0.102. The summed E-state index contributed by atoms with van der Waals surface area (Å²) in [7, 11) is 0. The van der Waals surface area contributed by atoms with Gasteiger partial charge in [0.2, 0.25) is 5.91 Å². The van der Waals surface area contributed by atoms with Crippen LogP contribution < -0.4 is 10.5 Å². The van der Waals surface area contributed by atoms with Gasteiger partial charge in [0.25, 0.3) is 11.2 Å². The lowest BCUT2D eigenvalue weighted by Crippen LogP contribution is -2.56. The second-order valence-electron chi connectivity index (χ2n) is 10.7. The standard InChI is InChI=1S/C24H25F3N4O4S/c25-24(26,27)16-10-17-20(18(11-16)31(34)35)36-23(28-21(17)32)30-3-1-29(2-4-30)22(33)19-14-6-12-5-13(8-14)9-15(19)7-12/h10-15,19H,1-9H2. The van der Waals surface area contributed by atoms with Gasteiger partial charge in [0, 0.05) is 38.2 Å². The van der Waals surface area contributed by atoms with Crippen molar-refractivity contribution >= 4 is 38.1 Å². The van der Waals surface area contributed by atoms with Gasteiger partial charge < -0.3 is 9.80 Å². The maximum atomic E-state index is 13.5. The molecule has 4 aliphatic carbocycles. The fraction of sp³-hybridized carbons (Fsp3) is 0.625. The molecular formula is C24H25F3N4O4S. The molecule has 1 saturated heterocycles. The Labute approximate surface area is 208 Å². The first-order chi connectivity index (χ1) is 17.1. The lowest BCUT2D eigenvalue weighted by Gasteiger charge is -2.54. The summed E-state index contributed by atoms with van der Waals surface area (Å²) in [4.78, 5) is 44.4. The number of hydrogen-bond acceptors (Lipinski definition) is 7. The van der Waals surface area contributed by atoms with E-state index in [4.69, 9.17) is 0 Å². The summed E-state index contributed by atoms with van der Waals surface area (Å²) >= 11 is 0.840. The molecule has 0 spiro atoms. The zero-order chi connectivity index (χ0) is 25.4. The van der Waals surface area contributed by atoms with Crippen molar-refractivity contribution in [3.8, 4) is 0 Å². The van der Waals surface area contributed by atoms with Crippen LogP contribution in [-0.2, 0) is 11.0 Å². The van der Waals surface area contributed by atoms with Crippen molar-refractivity contribution in [3.63, 3.8) is 0 Å². The van der Waals surface area contributed by atoms with Gasteiger partial charge >= 0.3 is 6.18 Å². The molecule has 2 heterocycles. The third-order valence-corrected chi connectivity index (χ3v) is 9.75. The number of amides is 1. The molecule has 2 aromatic rings. The molecule has 4 bridgehead atoms. The van der Waals surface area contributed by atoms with Crippen molar-refractivity contribution in [2.24, 2.45) is 29.6 Å². The maximum absolute atomic E-state index is 13.5. The van der Waals surface area contributed by atoms with Crippen LogP contribution in [0.25, 0.3) is 10.1 Å². The minimum Gasteiger partial charge on any atom is -0.344 e. The highest BCUT2D eigenvalue weighted by molar-refractivity contribution is 7.22. The molecule has 1 amide bonds. The van der Waals surface area contributed by atoms with Gasteiger partial charge in [-0.1, -0.05) is 11.3 Å². The summed E-state index contributed by atoms with van der Waals surface area (Å²) in [5.74, 6) is 2.86. The lowest BCUT2D eigenvalue weighted by atomic mass is 9.51. The first kappa shape index (κ1) is 23.6. The van der Waals surface area contributed by atoms with E-state index in [-0.39, 0.29) is 21.7 Å². The highest BCUT2D eigenvalue weighted by atomic mass is 32.1. The number of nitrogens with zero attached hydrogens (tertiary/aromatic N) is 4. The average Bonchev–Trinajstić information content (AvgIpc) is 2.82. The third-order valence-electron chi connectivity index (χ3n) is 8.59. The molecule has 8 nitrogen and oxygen atoms in total. The number of piperazine rings is 1. The molecule has 192 valence electrons. The van der Waals surface area contributed by atoms with Gasteiger partial charge in [0.05, 0.1) is 15.9 Å². The van der Waals surface area contributed by atoms with Gasteiger partial charge in [-0.15, -0.1) is 0 Å². The van der Waals surface area contributed by atoms with E-state index in [0.717, 1.165) is 48.9 Å². The Hall–Kier alpha value is -2.76. The van der Waals surface area contributed by atoms with E-state index in [0.29, 0.717) is 50.1 Å². The molecule has 0 radical (unpaired) electrons. The highest BCUT2D eigenvalue weighted by Crippen LogP contribution is 2.57. The van der Waals surface area contributed by atoms with Crippen LogP contribution in [0.15, 0.2) is 16.9 Å². The van der Waals surface area contributed by atoms with E-state index in [1.807, 2.05) is 4.90 Å². The minimum atomic E-state index is -4.82. The first-order valence-corrected chi connectivity index (χ1v) is 13.1. The Morgan fingerprint density at radius 3 is 2.19 bits per heavy atom. The van der Waals surface area contributed by atoms with Gasteiger partial charge in [-0.3, -0.25) is 19.7 Å². The molecule has 0 N–H and O–H groups in total. The zero-order valence-electron chi connectivity index (χ0n) is 19.4. The molecule has 0 unspecified atom stereocenters. The number of non-ortho nitro benzene ring substituents is 1. The predicted molar refractivity (Wildman–Crippen MR) is 127 cm³/mol. The number of halogens is 3. The molecule has 5 fully saturated rings. The fourth-order valence-electron chi connectivity index (χ4n) is 7.23. The van der Waals surface area contributed by atoms with Crippen LogP contribution in [0.5, 0.6) is 0 Å². The topological polar surface area (TPSA) is 96.7 Å². The second-order valence-corrected chi connectivity index (χ2v) is 11.7. The lowest BCUT2D eigenvalue weighted by molar-refractivity contribution is -0.383. The largest absolute Gasteiger partial charge is 0.416 e. The Morgan fingerprint density at radius 1 is 1.03 bits per heavy atom. The number of alkyl halides is 3. The van der Waals surface area contributed by atoms with Crippen molar-refractivity contribution in [2.75, 3.05) is 31.1 Å². The average molecular weight is 523 g/mol. The number of nitro groups is 1. The number of anilines is 1. The molecule has 12 heteroatoms. The number of aromatic nitrogens is 1. The Bertz CT molecular complexity index is 1280. The summed E-state index contributed by atoms with van der Waals surface area (Å²) in [6.45, 7) is 1.72. The quantitative estimate of drug-likeness (QED) is 0.441. The molecule has 5 aliphatic rings. The molecule has 1 aromatic heterocycles. The van der Waals surface area contributed by atoms with Crippen LogP contribution in [-0.4, -0.2) is 46.9 Å². The molecule has 36 heavy (non-hydrogen) atoms. The molecule has 0 atom stereocenters. The number of carbonyl (C=O) groups is 1. The van der Waals surface area contributed by atoms with Crippen LogP contribution in [0, 0.1) is 39.7 Å². The number of rotatable bonds is 3. The highest BCUT2D eigenvalue weighted by Gasteiger charge is 2.51. The summed E-state index contributed by atoms with van der Waals surface area (Å²) in [5, 5.41) is 11.3. The van der Waals surface area contributed by atoms with Gasteiger partial charge in [0.15, 0.2) is 5.13 Å². The third kappa shape index (κ3) is 3.93. The van der Waals surface area contributed by atoms with Crippen molar-refractivity contribution in [1.29, 1.82) is 0 Å². The predicted octanol–water partition coefficient (Wildman–Crippen LogP) is 4.30. The monoisotopic (exact) mass is 522 g/mol. The smallest absolute Gasteiger partial charge is 0.344 e. The van der Waals surface area contributed by atoms with E-state index in [1.54, 1.807) is 4.90 Å². The Balaban J connectivity index is 1.22. The van der Waals surface area contributed by atoms with Crippen LogP contribution in [0.1, 0.15) is 37.7 Å². The molecular weight excluding hydrogens is 497 g/mol. The van der Waals surface area contributed by atoms with Crippen LogP contribution in [0.4, 0.5) is 24.0 Å². The summed E-state index contributed by atoms with van der Waals surface area (Å²) < 4.78 is 39.5. The van der Waals surface area contributed by atoms with Crippen molar-refractivity contribution in [1.82, 2.24) is 9.88 Å². The second kappa shape index (κ2) is 8.39. The first-order valence-electron chi connectivity index (χ1n) is 12.3. The van der Waals surface area contributed by atoms with E-state index >= 15 is 0 Å². The molecule has 1 aromatic carbocycles. The molecule has 4 saturated carbocycles. The van der Waals surface area contributed by atoms with Crippen molar-refractivity contribution in [2.45, 2.75) is 38.3 Å². The van der Waals surface area contributed by atoms with Crippen LogP contribution in [0.2, 0.25) is 0 Å². The normalized spacial score (nSPS) is 29.7. The molecule has 7 rings (SSSR count). The van der Waals surface area contributed by atoms with Gasteiger partial charge in [-0.25, -0.2) is 0 Å². The number of hydrogen-bond donors (Lipinski definition) is 0. The summed E-state index contributed by atoms with van der Waals surface area (Å²) in [6.07, 6.45) is 1.14. The zero-order valence-corrected chi connectivity index (χ0v) is 20.2. The number of carbonyl (C=O) groups excluding carboxylic acids is 1. The SMILES string of the molecule is O=C(C1C2CC3CC(C2)CC1C3)N1CCN(c2nc(=O)c3cc(C(F)(F)F)cc([N+](=O)[O-])c3s2)CC1. The maximum Gasteiger partial charge on any atom is 0.416 e. The van der Waals surface area contributed by atoms with E-state index < -0.39 is 33.3 Å². The van der Waals surface area contributed by atoms with Crippen LogP contribution in [0.3, 0.4) is 0 Å². The van der Waals surface area contributed by atoms with E-state index in [9.17, 15) is 32.9 Å². The summed E-state index contributed by atoms with van der Waals surface area (Å²) in [5.41, 5.74) is -2.95. The van der Waals surface area contributed by atoms with Crippen molar-refractivity contribution < 1.29 is 22.9 Å². The van der Waals surface area contributed by atoms with Crippen molar-refractivity contribution in [3.05, 3.63) is 38.2 Å². The van der Waals surface area contributed by atoms with Gasteiger partial charge in [-0.2, -0.15) is 18.2 Å². The number of benzene rings is 1.